The Labute approximate surface area is 86.4 Å². The van der Waals surface area contributed by atoms with Gasteiger partial charge in [-0.05, 0) is 51.3 Å². The highest BCUT2D eigenvalue weighted by Gasteiger charge is 2.23. The maximum Gasteiger partial charge on any atom is 0.0771 e. The minimum absolute atomic E-state index is 0.387. The van der Waals surface area contributed by atoms with E-state index in [1.807, 2.05) is 13.8 Å². The van der Waals surface area contributed by atoms with Gasteiger partial charge in [-0.25, -0.2) is 0 Å². The molecule has 0 aliphatic rings. The van der Waals surface area contributed by atoms with Gasteiger partial charge in [0.25, 0.3) is 0 Å². The summed E-state index contributed by atoms with van der Waals surface area (Å²) in [4.78, 5) is 0. The van der Waals surface area contributed by atoms with Gasteiger partial charge < -0.3 is 0 Å². The predicted octanol–water partition coefficient (Wildman–Crippen LogP) is 3.41. The molecular formula is C13H17N. The highest BCUT2D eigenvalue weighted by atomic mass is 14.3. The lowest BCUT2D eigenvalue weighted by molar-refractivity contribution is 0.675. The van der Waals surface area contributed by atoms with E-state index in [4.69, 9.17) is 5.26 Å². The molecule has 1 nitrogen and oxygen atoms in total. The van der Waals surface area contributed by atoms with Crippen LogP contribution in [0, 0.1) is 32.1 Å². The van der Waals surface area contributed by atoms with Gasteiger partial charge in [-0.3, -0.25) is 0 Å². The molecule has 0 saturated carbocycles. The molecule has 0 fully saturated rings. The second kappa shape index (κ2) is 3.46. The topological polar surface area (TPSA) is 23.8 Å². The summed E-state index contributed by atoms with van der Waals surface area (Å²) in [6.07, 6.45) is 0. The van der Waals surface area contributed by atoms with E-state index in [-0.39, 0.29) is 5.41 Å². The van der Waals surface area contributed by atoms with Crippen molar-refractivity contribution < 1.29 is 0 Å². The van der Waals surface area contributed by atoms with Crippen LogP contribution < -0.4 is 0 Å². The van der Waals surface area contributed by atoms with Gasteiger partial charge in [0.05, 0.1) is 11.5 Å². The molecule has 0 atom stereocenters. The quantitative estimate of drug-likeness (QED) is 0.661. The maximum atomic E-state index is 9.12. The molecular weight excluding hydrogens is 170 g/mol. The van der Waals surface area contributed by atoms with Gasteiger partial charge in [-0.1, -0.05) is 17.7 Å². The van der Waals surface area contributed by atoms with Crippen LogP contribution in [-0.4, -0.2) is 0 Å². The fourth-order valence-electron chi connectivity index (χ4n) is 2.22. The minimum Gasteiger partial charge on any atom is -0.197 e. The van der Waals surface area contributed by atoms with Crippen LogP contribution in [0.1, 0.15) is 36.1 Å². The molecule has 0 aromatic heterocycles. The van der Waals surface area contributed by atoms with Crippen LogP contribution in [-0.2, 0) is 5.41 Å². The van der Waals surface area contributed by atoms with Crippen molar-refractivity contribution in [1.29, 1.82) is 5.26 Å². The predicted molar refractivity (Wildman–Crippen MR) is 59.3 cm³/mol. The maximum absolute atomic E-state index is 9.12. The fraction of sp³-hybridized carbons (Fsp3) is 0.462. The highest BCUT2D eigenvalue weighted by molar-refractivity contribution is 5.44. The van der Waals surface area contributed by atoms with Crippen LogP contribution in [0.5, 0.6) is 0 Å². The Morgan fingerprint density at radius 3 is 1.86 bits per heavy atom. The number of aryl methyl sites for hydroxylation is 3. The smallest absolute Gasteiger partial charge is 0.0771 e. The zero-order valence-electron chi connectivity index (χ0n) is 9.60. The summed E-state index contributed by atoms with van der Waals surface area (Å²) in [7, 11) is 0. The molecule has 0 saturated heterocycles. The largest absolute Gasteiger partial charge is 0.197 e. The van der Waals surface area contributed by atoms with Gasteiger partial charge in [0.15, 0.2) is 0 Å². The van der Waals surface area contributed by atoms with E-state index in [2.05, 4.69) is 39.0 Å². The zero-order chi connectivity index (χ0) is 10.9. The molecule has 74 valence electrons. The van der Waals surface area contributed by atoms with E-state index in [0.29, 0.717) is 0 Å². The van der Waals surface area contributed by atoms with Gasteiger partial charge in [-0.15, -0.1) is 0 Å². The van der Waals surface area contributed by atoms with Crippen molar-refractivity contribution in [3.05, 3.63) is 34.4 Å². The van der Waals surface area contributed by atoms with E-state index >= 15 is 0 Å². The third-order valence-corrected chi connectivity index (χ3v) is 2.58. The summed E-state index contributed by atoms with van der Waals surface area (Å²) < 4.78 is 0. The van der Waals surface area contributed by atoms with Crippen molar-refractivity contribution in [2.24, 2.45) is 0 Å². The summed E-state index contributed by atoms with van der Waals surface area (Å²) in [5.41, 5.74) is 4.48. The molecule has 0 bridgehead atoms. The number of nitrogens with zero attached hydrogens (tertiary/aromatic N) is 1. The standard InChI is InChI=1S/C13H17N/c1-9-6-10(2)12(11(3)7-9)13(4,5)8-14/h6-7H,1-5H3. The van der Waals surface area contributed by atoms with E-state index < -0.39 is 0 Å². The molecule has 0 N–H and O–H groups in total. The lowest BCUT2D eigenvalue weighted by Crippen LogP contribution is -2.17. The van der Waals surface area contributed by atoms with Crippen LogP contribution >= 0.6 is 0 Å². The molecule has 0 spiro atoms. The molecule has 1 heteroatoms. The van der Waals surface area contributed by atoms with Crippen molar-refractivity contribution in [2.75, 3.05) is 0 Å². The molecule has 0 radical (unpaired) electrons. The first kappa shape index (κ1) is 10.8. The SMILES string of the molecule is Cc1cc(C)c(C(C)(C)C#N)c(C)c1. The molecule has 1 rings (SSSR count). The summed E-state index contributed by atoms with van der Waals surface area (Å²) in [5, 5.41) is 9.12. The molecule has 0 aliphatic carbocycles. The first-order valence-electron chi connectivity index (χ1n) is 4.88. The van der Waals surface area contributed by atoms with Crippen molar-refractivity contribution in [3.8, 4) is 6.07 Å². The Morgan fingerprint density at radius 2 is 1.50 bits per heavy atom. The Balaban J connectivity index is 3.44. The average Bonchev–Trinajstić information content (AvgIpc) is 2.01. The summed E-state index contributed by atoms with van der Waals surface area (Å²) >= 11 is 0. The summed E-state index contributed by atoms with van der Waals surface area (Å²) in [5.74, 6) is 0. The monoisotopic (exact) mass is 187 g/mol. The van der Waals surface area contributed by atoms with E-state index in [9.17, 15) is 0 Å². The Morgan fingerprint density at radius 1 is 1.07 bits per heavy atom. The average molecular weight is 187 g/mol. The molecule has 14 heavy (non-hydrogen) atoms. The van der Waals surface area contributed by atoms with E-state index in [1.165, 1.54) is 22.3 Å². The lowest BCUT2D eigenvalue weighted by Gasteiger charge is -2.21. The number of nitriles is 1. The second-order valence-electron chi connectivity index (χ2n) is 4.51. The number of rotatable bonds is 1. The molecule has 0 unspecified atom stereocenters. The van der Waals surface area contributed by atoms with Gasteiger partial charge in [-0.2, -0.15) is 5.26 Å². The summed E-state index contributed by atoms with van der Waals surface area (Å²) in [6.45, 7) is 10.2. The van der Waals surface area contributed by atoms with Crippen LogP contribution in [0.15, 0.2) is 12.1 Å². The van der Waals surface area contributed by atoms with Crippen molar-refractivity contribution in [2.45, 2.75) is 40.0 Å². The number of hydrogen-bond donors (Lipinski definition) is 0. The van der Waals surface area contributed by atoms with Crippen LogP contribution in [0.25, 0.3) is 0 Å². The van der Waals surface area contributed by atoms with Crippen LogP contribution in [0.4, 0.5) is 0 Å². The molecule has 0 heterocycles. The third-order valence-electron chi connectivity index (χ3n) is 2.58. The Hall–Kier alpha value is -1.29. The van der Waals surface area contributed by atoms with Crippen molar-refractivity contribution in [1.82, 2.24) is 0 Å². The van der Waals surface area contributed by atoms with E-state index in [0.717, 1.165) is 0 Å². The molecule has 1 aromatic carbocycles. The zero-order valence-corrected chi connectivity index (χ0v) is 9.60. The highest BCUT2D eigenvalue weighted by Crippen LogP contribution is 2.29. The van der Waals surface area contributed by atoms with Crippen LogP contribution in [0.2, 0.25) is 0 Å². The third kappa shape index (κ3) is 1.80. The molecule has 1 aromatic rings. The second-order valence-corrected chi connectivity index (χ2v) is 4.51. The molecule has 0 aliphatic heterocycles. The normalized spacial score (nSPS) is 11.1. The minimum atomic E-state index is -0.387. The van der Waals surface area contributed by atoms with Gasteiger partial charge in [0.1, 0.15) is 0 Å². The Kier molecular flexibility index (Phi) is 2.66. The summed E-state index contributed by atoms with van der Waals surface area (Å²) in [6, 6.07) is 6.64. The number of hydrogen-bond acceptors (Lipinski definition) is 1. The van der Waals surface area contributed by atoms with Gasteiger partial charge >= 0.3 is 0 Å². The first-order chi connectivity index (χ1) is 6.38. The van der Waals surface area contributed by atoms with E-state index in [1.54, 1.807) is 0 Å². The van der Waals surface area contributed by atoms with Gasteiger partial charge in [0.2, 0.25) is 0 Å². The molecule has 0 amide bonds. The fourth-order valence-corrected chi connectivity index (χ4v) is 2.22. The van der Waals surface area contributed by atoms with Crippen LogP contribution in [0.3, 0.4) is 0 Å². The van der Waals surface area contributed by atoms with Gasteiger partial charge in [0, 0.05) is 0 Å². The Bertz CT molecular complexity index is 371. The first-order valence-corrected chi connectivity index (χ1v) is 4.88. The number of benzene rings is 1. The van der Waals surface area contributed by atoms with Crippen molar-refractivity contribution >= 4 is 0 Å². The van der Waals surface area contributed by atoms with Crippen molar-refractivity contribution in [3.63, 3.8) is 0 Å². The lowest BCUT2D eigenvalue weighted by atomic mass is 9.80.